The highest BCUT2D eigenvalue weighted by Crippen LogP contribution is 2.22. The Balaban J connectivity index is 0.00000180. The summed E-state index contributed by atoms with van der Waals surface area (Å²) in [5, 5.41) is 0.206. The molecule has 2 N–H and O–H groups in total. The third kappa shape index (κ3) is 4.60. The minimum absolute atomic E-state index is 0. The highest BCUT2D eigenvalue weighted by molar-refractivity contribution is 6.30. The van der Waals surface area contributed by atoms with Crippen molar-refractivity contribution in [2.45, 2.75) is 32.4 Å². The van der Waals surface area contributed by atoms with E-state index in [-0.39, 0.29) is 29.3 Å². The zero-order valence-corrected chi connectivity index (χ0v) is 12.7. The minimum atomic E-state index is -0.351. The molecule has 0 bridgehead atoms. The van der Waals surface area contributed by atoms with Gasteiger partial charge < -0.3 is 5.73 Å². The van der Waals surface area contributed by atoms with E-state index in [4.69, 9.17) is 17.3 Å². The maximum Gasteiger partial charge on any atom is 0.141 e. The molecule has 19 heavy (non-hydrogen) atoms. The fourth-order valence-corrected chi connectivity index (χ4v) is 2.74. The predicted molar refractivity (Wildman–Crippen MR) is 80.3 cm³/mol. The molecule has 0 aromatic heterocycles. The summed E-state index contributed by atoms with van der Waals surface area (Å²) in [6.45, 7) is 5.04. The molecule has 0 saturated carbocycles. The van der Waals surface area contributed by atoms with Crippen LogP contribution in [-0.4, -0.2) is 24.0 Å². The Morgan fingerprint density at radius 1 is 1.42 bits per heavy atom. The van der Waals surface area contributed by atoms with Crippen LogP contribution in [0, 0.1) is 11.7 Å². The molecule has 0 radical (unpaired) electrons. The molecule has 1 aliphatic heterocycles. The van der Waals surface area contributed by atoms with Crippen molar-refractivity contribution in [3.63, 3.8) is 0 Å². The molecule has 1 heterocycles. The summed E-state index contributed by atoms with van der Waals surface area (Å²) >= 11 is 5.79. The predicted octanol–water partition coefficient (Wildman–Crippen LogP) is 3.46. The van der Waals surface area contributed by atoms with E-state index in [9.17, 15) is 4.39 Å². The maximum absolute atomic E-state index is 13.1. The number of hydrogen-bond acceptors (Lipinski definition) is 2. The van der Waals surface area contributed by atoms with E-state index in [0.717, 1.165) is 38.0 Å². The molecule has 1 atom stereocenters. The zero-order valence-electron chi connectivity index (χ0n) is 11.1. The molecule has 0 amide bonds. The van der Waals surface area contributed by atoms with Gasteiger partial charge in [-0.05, 0) is 56.5 Å². The summed E-state index contributed by atoms with van der Waals surface area (Å²) in [5.74, 6) is 0.286. The molecule has 1 aliphatic rings. The van der Waals surface area contributed by atoms with Crippen molar-refractivity contribution in [3.8, 4) is 0 Å². The number of nitrogens with zero attached hydrogens (tertiary/aromatic N) is 1. The van der Waals surface area contributed by atoms with Crippen LogP contribution < -0.4 is 5.73 Å². The Bertz CT molecular complexity index is 404. The van der Waals surface area contributed by atoms with E-state index < -0.39 is 0 Å². The van der Waals surface area contributed by atoms with E-state index in [1.54, 1.807) is 12.1 Å². The lowest BCUT2D eigenvalue weighted by molar-refractivity contribution is 0.165. The van der Waals surface area contributed by atoms with Gasteiger partial charge in [0.2, 0.25) is 0 Å². The average Bonchev–Trinajstić information content (AvgIpc) is 2.34. The van der Waals surface area contributed by atoms with Crippen LogP contribution in [-0.2, 0) is 6.54 Å². The summed E-state index contributed by atoms with van der Waals surface area (Å²) in [5.41, 5.74) is 6.99. The quantitative estimate of drug-likeness (QED) is 0.926. The van der Waals surface area contributed by atoms with Crippen LogP contribution in [0.5, 0.6) is 0 Å². The Hall–Kier alpha value is -0.350. The first-order valence-electron chi connectivity index (χ1n) is 6.48. The Morgan fingerprint density at radius 2 is 2.05 bits per heavy atom. The van der Waals surface area contributed by atoms with Gasteiger partial charge in [0.25, 0.3) is 0 Å². The largest absolute Gasteiger partial charge is 0.328 e. The summed E-state index contributed by atoms with van der Waals surface area (Å²) in [6.07, 6.45) is 2.29. The van der Waals surface area contributed by atoms with Crippen LogP contribution >= 0.6 is 24.0 Å². The SMILES string of the molecule is CC(N)C1CCN(Cc2ccc(F)c(Cl)c2)CC1.Cl. The first-order valence-corrected chi connectivity index (χ1v) is 6.86. The number of halogens is 3. The molecule has 1 saturated heterocycles. The first kappa shape index (κ1) is 16.7. The van der Waals surface area contributed by atoms with E-state index in [1.165, 1.54) is 6.07 Å². The lowest BCUT2D eigenvalue weighted by Crippen LogP contribution is -2.39. The summed E-state index contributed by atoms with van der Waals surface area (Å²) < 4.78 is 13.1. The van der Waals surface area contributed by atoms with Crippen molar-refractivity contribution in [3.05, 3.63) is 34.6 Å². The minimum Gasteiger partial charge on any atom is -0.328 e. The second kappa shape index (κ2) is 7.44. The first-order chi connectivity index (χ1) is 8.56. The van der Waals surface area contributed by atoms with Gasteiger partial charge in [-0.25, -0.2) is 4.39 Å². The molecule has 5 heteroatoms. The van der Waals surface area contributed by atoms with E-state index in [0.29, 0.717) is 5.92 Å². The molecule has 2 nitrogen and oxygen atoms in total. The summed E-state index contributed by atoms with van der Waals surface area (Å²) in [4.78, 5) is 2.38. The fourth-order valence-electron chi connectivity index (χ4n) is 2.53. The molecule has 1 aromatic carbocycles. The Morgan fingerprint density at radius 3 is 2.58 bits per heavy atom. The van der Waals surface area contributed by atoms with Crippen molar-refractivity contribution in [1.82, 2.24) is 4.90 Å². The van der Waals surface area contributed by atoms with Gasteiger partial charge in [0, 0.05) is 12.6 Å². The zero-order chi connectivity index (χ0) is 13.1. The molecule has 1 unspecified atom stereocenters. The third-order valence-electron chi connectivity index (χ3n) is 3.77. The molecule has 1 aromatic rings. The molecule has 108 valence electrons. The van der Waals surface area contributed by atoms with Gasteiger partial charge in [0.1, 0.15) is 5.82 Å². The van der Waals surface area contributed by atoms with E-state index in [1.807, 2.05) is 0 Å². The van der Waals surface area contributed by atoms with Crippen molar-refractivity contribution in [1.29, 1.82) is 0 Å². The fraction of sp³-hybridized carbons (Fsp3) is 0.571. The van der Waals surface area contributed by atoms with Crippen molar-refractivity contribution in [2.24, 2.45) is 11.7 Å². The molecule has 2 rings (SSSR count). The molecule has 0 aliphatic carbocycles. The molecule has 0 spiro atoms. The number of nitrogens with two attached hydrogens (primary N) is 1. The highest BCUT2D eigenvalue weighted by atomic mass is 35.5. The van der Waals surface area contributed by atoms with Crippen LogP contribution in [0.2, 0.25) is 5.02 Å². The van der Waals surface area contributed by atoms with Crippen molar-refractivity contribution < 1.29 is 4.39 Å². The number of rotatable bonds is 3. The number of likely N-dealkylation sites (tertiary alicyclic amines) is 1. The van der Waals surface area contributed by atoms with Gasteiger partial charge in [0.05, 0.1) is 5.02 Å². The average molecular weight is 307 g/mol. The topological polar surface area (TPSA) is 29.3 Å². The van der Waals surface area contributed by atoms with E-state index in [2.05, 4.69) is 11.8 Å². The van der Waals surface area contributed by atoms with Gasteiger partial charge in [-0.3, -0.25) is 4.90 Å². The molecule has 1 fully saturated rings. The smallest absolute Gasteiger partial charge is 0.141 e. The maximum atomic E-state index is 13.1. The second-order valence-electron chi connectivity index (χ2n) is 5.22. The van der Waals surface area contributed by atoms with Gasteiger partial charge in [-0.15, -0.1) is 12.4 Å². The van der Waals surface area contributed by atoms with Gasteiger partial charge >= 0.3 is 0 Å². The van der Waals surface area contributed by atoms with Gasteiger partial charge in [-0.2, -0.15) is 0 Å². The Labute approximate surface area is 125 Å². The van der Waals surface area contributed by atoms with Crippen LogP contribution in [0.25, 0.3) is 0 Å². The second-order valence-corrected chi connectivity index (χ2v) is 5.63. The van der Waals surface area contributed by atoms with Crippen LogP contribution in [0.3, 0.4) is 0 Å². The van der Waals surface area contributed by atoms with Crippen LogP contribution in [0.1, 0.15) is 25.3 Å². The Kier molecular flexibility index (Phi) is 6.54. The molecular formula is C14H21Cl2FN2. The molecular weight excluding hydrogens is 286 g/mol. The lowest BCUT2D eigenvalue weighted by Gasteiger charge is -2.33. The summed E-state index contributed by atoms with van der Waals surface area (Å²) in [6, 6.07) is 5.24. The summed E-state index contributed by atoms with van der Waals surface area (Å²) in [7, 11) is 0. The normalized spacial score (nSPS) is 18.9. The number of piperidine rings is 1. The lowest BCUT2D eigenvalue weighted by atomic mass is 9.91. The van der Waals surface area contributed by atoms with E-state index >= 15 is 0 Å². The van der Waals surface area contributed by atoms with Crippen LogP contribution in [0.4, 0.5) is 4.39 Å². The third-order valence-corrected chi connectivity index (χ3v) is 4.06. The monoisotopic (exact) mass is 306 g/mol. The van der Waals surface area contributed by atoms with Gasteiger partial charge in [-0.1, -0.05) is 17.7 Å². The standard InChI is InChI=1S/C14H20ClFN2.ClH/c1-10(17)12-4-6-18(7-5-12)9-11-2-3-14(16)13(15)8-11;/h2-3,8,10,12H,4-7,9,17H2,1H3;1H. The van der Waals surface area contributed by atoms with Crippen molar-refractivity contribution >= 4 is 24.0 Å². The van der Waals surface area contributed by atoms with Crippen LogP contribution in [0.15, 0.2) is 18.2 Å². The van der Waals surface area contributed by atoms with Gasteiger partial charge in [0.15, 0.2) is 0 Å². The highest BCUT2D eigenvalue weighted by Gasteiger charge is 2.21. The number of benzene rings is 1. The van der Waals surface area contributed by atoms with Crippen molar-refractivity contribution in [2.75, 3.05) is 13.1 Å². The number of hydrogen-bond donors (Lipinski definition) is 1.